The highest BCUT2D eigenvalue weighted by atomic mass is 19.2. The predicted octanol–water partition coefficient (Wildman–Crippen LogP) is 2.93. The lowest BCUT2D eigenvalue weighted by Crippen LogP contribution is -2.33. The molecule has 3 rings (SSSR count). The molecule has 2 amide bonds. The van der Waals surface area contributed by atoms with Crippen molar-refractivity contribution < 1.29 is 18.4 Å². The van der Waals surface area contributed by atoms with Crippen LogP contribution in [-0.2, 0) is 7.05 Å². The molecule has 0 radical (unpaired) electrons. The average molecular weight is 389 g/mol. The Hall–Kier alpha value is -3.03. The third-order valence-electron chi connectivity index (χ3n) is 4.75. The van der Waals surface area contributed by atoms with Crippen LogP contribution in [0.15, 0.2) is 35.3 Å². The molecule has 28 heavy (non-hydrogen) atoms. The van der Waals surface area contributed by atoms with Crippen LogP contribution in [0.5, 0.6) is 0 Å². The van der Waals surface area contributed by atoms with E-state index in [0.29, 0.717) is 13.1 Å². The molecular formula is C20H21F2N3O3. The van der Waals surface area contributed by atoms with E-state index >= 15 is 0 Å². The summed E-state index contributed by atoms with van der Waals surface area (Å²) in [5.74, 6) is -3.21. The number of amides is 2. The number of nitrogens with zero attached hydrogens (tertiary/aromatic N) is 2. The number of benzene rings is 1. The summed E-state index contributed by atoms with van der Waals surface area (Å²) in [6.07, 6.45) is 5.44. The summed E-state index contributed by atoms with van der Waals surface area (Å²) in [6.45, 7) is 1.30. The van der Waals surface area contributed by atoms with Crippen LogP contribution in [0.25, 0.3) is 0 Å². The van der Waals surface area contributed by atoms with Crippen molar-refractivity contribution in [3.63, 3.8) is 0 Å². The third-order valence-corrected chi connectivity index (χ3v) is 4.75. The third kappa shape index (κ3) is 4.27. The first-order valence-electron chi connectivity index (χ1n) is 9.13. The Bertz CT molecular complexity index is 964. The van der Waals surface area contributed by atoms with Crippen LogP contribution in [0, 0.1) is 11.6 Å². The van der Waals surface area contributed by atoms with Crippen LogP contribution < -0.4 is 10.9 Å². The molecule has 2 heterocycles. The molecule has 8 heteroatoms. The molecule has 1 fully saturated rings. The molecule has 0 atom stereocenters. The van der Waals surface area contributed by atoms with Gasteiger partial charge >= 0.3 is 0 Å². The van der Waals surface area contributed by atoms with E-state index in [1.807, 2.05) is 0 Å². The van der Waals surface area contributed by atoms with Gasteiger partial charge in [-0.2, -0.15) is 0 Å². The molecule has 1 N–H and O–H groups in total. The van der Waals surface area contributed by atoms with Crippen molar-refractivity contribution in [2.75, 3.05) is 18.4 Å². The fourth-order valence-electron chi connectivity index (χ4n) is 3.21. The van der Waals surface area contributed by atoms with Gasteiger partial charge in [0, 0.05) is 31.9 Å². The van der Waals surface area contributed by atoms with Crippen LogP contribution in [0.4, 0.5) is 14.5 Å². The van der Waals surface area contributed by atoms with E-state index in [1.54, 1.807) is 4.90 Å². The molecule has 0 unspecified atom stereocenters. The molecule has 1 saturated heterocycles. The number of hydrogen-bond acceptors (Lipinski definition) is 3. The fourth-order valence-corrected chi connectivity index (χ4v) is 3.21. The largest absolute Gasteiger partial charge is 0.339 e. The zero-order valence-electron chi connectivity index (χ0n) is 15.5. The first kappa shape index (κ1) is 19.7. The van der Waals surface area contributed by atoms with Gasteiger partial charge in [-0.3, -0.25) is 14.4 Å². The van der Waals surface area contributed by atoms with Crippen molar-refractivity contribution >= 4 is 17.5 Å². The highest BCUT2D eigenvalue weighted by Gasteiger charge is 2.20. The molecule has 0 saturated carbocycles. The fraction of sp³-hybridized carbons (Fsp3) is 0.350. The number of nitrogens with one attached hydrogen (secondary N) is 1. The number of anilines is 1. The zero-order valence-corrected chi connectivity index (χ0v) is 15.5. The van der Waals surface area contributed by atoms with Gasteiger partial charge < -0.3 is 14.8 Å². The first-order chi connectivity index (χ1) is 13.4. The van der Waals surface area contributed by atoms with Gasteiger partial charge in [0.25, 0.3) is 17.4 Å². The number of hydrogen-bond donors (Lipinski definition) is 1. The molecule has 1 aromatic heterocycles. The van der Waals surface area contributed by atoms with Crippen molar-refractivity contribution in [2.24, 2.45) is 7.05 Å². The zero-order chi connectivity index (χ0) is 20.3. The minimum Gasteiger partial charge on any atom is -0.339 e. The molecule has 6 nitrogen and oxygen atoms in total. The summed E-state index contributed by atoms with van der Waals surface area (Å²) in [7, 11) is 1.48. The molecular weight excluding hydrogens is 368 g/mol. The molecule has 0 bridgehead atoms. The summed E-state index contributed by atoms with van der Waals surface area (Å²) in [6, 6.07) is 4.03. The van der Waals surface area contributed by atoms with Crippen LogP contribution >= 0.6 is 0 Å². The van der Waals surface area contributed by atoms with Crippen molar-refractivity contribution in [1.82, 2.24) is 9.47 Å². The van der Waals surface area contributed by atoms with Crippen LogP contribution in [0.2, 0.25) is 0 Å². The van der Waals surface area contributed by atoms with E-state index in [2.05, 4.69) is 5.32 Å². The van der Waals surface area contributed by atoms with E-state index in [4.69, 9.17) is 0 Å². The highest BCUT2D eigenvalue weighted by molar-refractivity contribution is 6.05. The van der Waals surface area contributed by atoms with Crippen molar-refractivity contribution in [2.45, 2.75) is 25.7 Å². The van der Waals surface area contributed by atoms with E-state index in [9.17, 15) is 23.2 Å². The van der Waals surface area contributed by atoms with Crippen LogP contribution in [0.3, 0.4) is 0 Å². The Labute approximate surface area is 160 Å². The quantitative estimate of drug-likeness (QED) is 0.877. The number of aryl methyl sites for hydroxylation is 1. The maximum absolute atomic E-state index is 13.4. The summed E-state index contributed by atoms with van der Waals surface area (Å²) >= 11 is 0. The lowest BCUT2D eigenvalue weighted by atomic mass is 10.2. The molecule has 1 aliphatic heterocycles. The number of rotatable bonds is 3. The molecule has 1 aromatic carbocycles. The second-order valence-electron chi connectivity index (χ2n) is 6.85. The van der Waals surface area contributed by atoms with Crippen molar-refractivity contribution in [3.8, 4) is 0 Å². The predicted molar refractivity (Wildman–Crippen MR) is 100 cm³/mol. The lowest BCUT2D eigenvalue weighted by Gasteiger charge is -2.21. The second-order valence-corrected chi connectivity index (χ2v) is 6.85. The maximum atomic E-state index is 13.4. The molecule has 2 aromatic rings. The summed E-state index contributed by atoms with van der Waals surface area (Å²) in [5.41, 5.74) is -0.462. The summed E-state index contributed by atoms with van der Waals surface area (Å²) in [5, 5.41) is 2.39. The van der Waals surface area contributed by atoms with Crippen LogP contribution in [-0.4, -0.2) is 34.4 Å². The smallest absolute Gasteiger partial charge is 0.274 e. The SMILES string of the molecule is Cn1cc(C(=O)N2CCCCCC2)cc(NC(=O)c2ccc(F)c(F)c2)c1=O. The number of carbonyl (C=O) groups is 2. The highest BCUT2D eigenvalue weighted by Crippen LogP contribution is 2.16. The van der Waals surface area contributed by atoms with Crippen molar-refractivity contribution in [1.29, 1.82) is 0 Å². The van der Waals surface area contributed by atoms with Gasteiger partial charge in [-0.1, -0.05) is 12.8 Å². The minimum absolute atomic E-state index is 0.0992. The Morgan fingerprint density at radius 1 is 0.964 bits per heavy atom. The Morgan fingerprint density at radius 2 is 1.64 bits per heavy atom. The standard InChI is InChI=1S/C20H21F2N3O3/c1-24-12-14(19(27)25-8-4-2-3-5-9-25)11-17(20(24)28)23-18(26)13-6-7-15(21)16(22)10-13/h6-7,10-12H,2-5,8-9H2,1H3,(H,23,26). The Kier molecular flexibility index (Phi) is 5.87. The van der Waals surface area contributed by atoms with Crippen LogP contribution in [0.1, 0.15) is 46.4 Å². The first-order valence-corrected chi connectivity index (χ1v) is 9.13. The number of pyridine rings is 1. The van der Waals surface area contributed by atoms with Gasteiger partial charge in [0.1, 0.15) is 5.69 Å². The van der Waals surface area contributed by atoms with Gasteiger partial charge in [-0.15, -0.1) is 0 Å². The van der Waals surface area contributed by atoms with E-state index in [1.165, 1.54) is 23.9 Å². The summed E-state index contributed by atoms with van der Waals surface area (Å²) in [4.78, 5) is 39.2. The van der Waals surface area contributed by atoms with Crippen molar-refractivity contribution in [3.05, 3.63) is 63.6 Å². The monoisotopic (exact) mass is 389 g/mol. The van der Waals surface area contributed by atoms with Gasteiger partial charge in [0.15, 0.2) is 11.6 Å². The van der Waals surface area contributed by atoms with Gasteiger partial charge in [-0.05, 0) is 37.1 Å². The molecule has 148 valence electrons. The normalized spacial score (nSPS) is 14.5. The summed E-state index contributed by atoms with van der Waals surface area (Å²) < 4.78 is 27.6. The Balaban J connectivity index is 1.86. The topological polar surface area (TPSA) is 71.4 Å². The molecule has 1 aliphatic rings. The number of likely N-dealkylation sites (tertiary alicyclic amines) is 1. The Morgan fingerprint density at radius 3 is 2.29 bits per heavy atom. The number of aromatic nitrogens is 1. The van der Waals surface area contributed by atoms with Gasteiger partial charge in [-0.25, -0.2) is 8.78 Å². The number of halogens is 2. The average Bonchev–Trinajstić information content (AvgIpc) is 2.96. The van der Waals surface area contributed by atoms with E-state index in [-0.39, 0.29) is 22.7 Å². The maximum Gasteiger partial charge on any atom is 0.274 e. The van der Waals surface area contributed by atoms with E-state index < -0.39 is 23.1 Å². The lowest BCUT2D eigenvalue weighted by molar-refractivity contribution is 0.0760. The van der Waals surface area contributed by atoms with E-state index in [0.717, 1.165) is 43.9 Å². The van der Waals surface area contributed by atoms with Gasteiger partial charge in [0.2, 0.25) is 0 Å². The van der Waals surface area contributed by atoms with Gasteiger partial charge in [0.05, 0.1) is 5.56 Å². The molecule has 0 spiro atoms. The minimum atomic E-state index is -1.16. The second kappa shape index (κ2) is 8.33. The number of carbonyl (C=O) groups excluding carboxylic acids is 2. The molecule has 0 aliphatic carbocycles.